The van der Waals surface area contributed by atoms with E-state index in [9.17, 15) is 9.59 Å². The molecule has 1 aromatic heterocycles. The molecule has 31 heavy (non-hydrogen) atoms. The summed E-state index contributed by atoms with van der Waals surface area (Å²) in [5, 5.41) is 3.52. The lowest BCUT2D eigenvalue weighted by molar-refractivity contribution is -0.134. The van der Waals surface area contributed by atoms with Crippen LogP contribution in [0.5, 0.6) is 0 Å². The van der Waals surface area contributed by atoms with Crippen molar-refractivity contribution < 1.29 is 9.59 Å². The van der Waals surface area contributed by atoms with Crippen molar-refractivity contribution in [1.82, 2.24) is 25.1 Å². The monoisotopic (exact) mass is 441 g/mol. The number of hydrogen-bond acceptors (Lipinski definition) is 6. The molecular formula is C23H31N5O2S. The molecule has 1 aliphatic heterocycles. The fourth-order valence-electron chi connectivity index (χ4n) is 3.77. The molecule has 8 heteroatoms. The molecule has 7 nitrogen and oxygen atoms in total. The van der Waals surface area contributed by atoms with Gasteiger partial charge in [0, 0.05) is 50.5 Å². The van der Waals surface area contributed by atoms with Crippen molar-refractivity contribution in [3.8, 4) is 0 Å². The zero-order valence-electron chi connectivity index (χ0n) is 18.6. The number of nitrogens with one attached hydrogen (secondary N) is 1. The number of carbonyl (C=O) groups excluding carboxylic acids is 2. The molecule has 1 aromatic carbocycles. The maximum absolute atomic E-state index is 12.5. The maximum Gasteiger partial charge on any atom is 0.242 e. The Bertz CT molecular complexity index is 875. The van der Waals surface area contributed by atoms with E-state index in [1.54, 1.807) is 0 Å². The van der Waals surface area contributed by atoms with Gasteiger partial charge in [0.15, 0.2) is 5.16 Å². The third kappa shape index (κ3) is 6.77. The van der Waals surface area contributed by atoms with Gasteiger partial charge in [-0.05, 0) is 37.7 Å². The molecule has 2 amide bonds. The highest BCUT2D eigenvalue weighted by atomic mass is 32.2. The largest absolute Gasteiger partial charge is 0.347 e. The summed E-state index contributed by atoms with van der Waals surface area (Å²) in [5.41, 5.74) is 4.12. The summed E-state index contributed by atoms with van der Waals surface area (Å²) in [6, 6.07) is 10.4. The van der Waals surface area contributed by atoms with Crippen LogP contribution in [0.25, 0.3) is 0 Å². The Kier molecular flexibility index (Phi) is 8.43. The number of benzene rings is 1. The molecule has 0 spiro atoms. The van der Waals surface area contributed by atoms with Crippen molar-refractivity contribution in [2.45, 2.75) is 38.4 Å². The van der Waals surface area contributed by atoms with Crippen molar-refractivity contribution in [2.75, 3.05) is 39.0 Å². The Morgan fingerprint density at radius 1 is 1.03 bits per heavy atom. The summed E-state index contributed by atoms with van der Waals surface area (Å²) >= 11 is 1.51. The van der Waals surface area contributed by atoms with Crippen LogP contribution in [0.4, 0.5) is 0 Å². The van der Waals surface area contributed by atoms with E-state index in [1.807, 2.05) is 43.2 Å². The number of hydrogen-bond donors (Lipinski definition) is 1. The van der Waals surface area contributed by atoms with Crippen LogP contribution >= 0.6 is 11.8 Å². The van der Waals surface area contributed by atoms with Crippen molar-refractivity contribution in [3.05, 3.63) is 52.8 Å². The van der Waals surface area contributed by atoms with E-state index < -0.39 is 0 Å². The Labute approximate surface area is 188 Å². The number of piperazine rings is 1. The minimum atomic E-state index is -0.121. The zero-order valence-corrected chi connectivity index (χ0v) is 19.4. The number of carbonyl (C=O) groups is 2. The van der Waals surface area contributed by atoms with E-state index in [0.717, 1.165) is 41.7 Å². The zero-order chi connectivity index (χ0) is 22.2. The highest BCUT2D eigenvalue weighted by Gasteiger charge is 2.21. The van der Waals surface area contributed by atoms with Gasteiger partial charge < -0.3 is 10.2 Å². The number of amides is 2. The topological polar surface area (TPSA) is 78.4 Å². The smallest absolute Gasteiger partial charge is 0.242 e. The van der Waals surface area contributed by atoms with Crippen LogP contribution in [0.15, 0.2) is 35.5 Å². The molecule has 0 saturated carbocycles. The predicted molar refractivity (Wildman–Crippen MR) is 123 cm³/mol. The van der Waals surface area contributed by atoms with Gasteiger partial charge in [-0.3, -0.25) is 14.5 Å². The molecule has 1 fully saturated rings. The van der Waals surface area contributed by atoms with Gasteiger partial charge in [0.05, 0.1) is 6.54 Å². The third-order valence-corrected chi connectivity index (χ3v) is 6.14. The molecule has 2 heterocycles. The molecule has 0 unspecified atom stereocenters. The van der Waals surface area contributed by atoms with Gasteiger partial charge in [-0.1, -0.05) is 42.1 Å². The van der Waals surface area contributed by atoms with Crippen LogP contribution in [0.2, 0.25) is 0 Å². The Morgan fingerprint density at radius 2 is 1.68 bits per heavy atom. The summed E-state index contributed by atoms with van der Waals surface area (Å²) in [6.07, 6.45) is 2.84. The SMILES string of the molecule is CSc1nc(C)c(CCC(=O)NCC(=O)N2CCN(Cc3ccccc3)CC2)c(C)n1. The summed E-state index contributed by atoms with van der Waals surface area (Å²) in [7, 11) is 0. The number of aromatic nitrogens is 2. The van der Waals surface area contributed by atoms with Gasteiger partial charge in [0.1, 0.15) is 0 Å². The molecule has 1 aliphatic rings. The van der Waals surface area contributed by atoms with Crippen LogP contribution in [-0.4, -0.2) is 70.6 Å². The van der Waals surface area contributed by atoms with E-state index in [-0.39, 0.29) is 18.4 Å². The molecule has 0 bridgehead atoms. The van der Waals surface area contributed by atoms with Gasteiger partial charge >= 0.3 is 0 Å². The van der Waals surface area contributed by atoms with Crippen molar-refractivity contribution in [2.24, 2.45) is 0 Å². The molecular weight excluding hydrogens is 410 g/mol. The second kappa shape index (κ2) is 11.2. The summed E-state index contributed by atoms with van der Waals surface area (Å²) < 4.78 is 0. The lowest BCUT2D eigenvalue weighted by Crippen LogP contribution is -2.50. The molecule has 2 aromatic rings. The summed E-state index contributed by atoms with van der Waals surface area (Å²) in [4.78, 5) is 37.9. The fraction of sp³-hybridized carbons (Fsp3) is 0.478. The summed E-state index contributed by atoms with van der Waals surface area (Å²) in [5.74, 6) is -0.142. The van der Waals surface area contributed by atoms with Gasteiger partial charge in [0.2, 0.25) is 11.8 Å². The Morgan fingerprint density at radius 3 is 2.29 bits per heavy atom. The standard InChI is InChI=1S/C23H31N5O2S/c1-17-20(18(2)26-23(25-17)31-3)9-10-21(29)24-15-22(30)28-13-11-27(12-14-28)16-19-7-5-4-6-8-19/h4-8H,9-16H2,1-3H3,(H,24,29). The first-order valence-electron chi connectivity index (χ1n) is 10.6. The quantitative estimate of drug-likeness (QED) is 0.500. The fourth-order valence-corrected chi connectivity index (χ4v) is 4.23. The van der Waals surface area contributed by atoms with E-state index in [0.29, 0.717) is 25.9 Å². The van der Waals surface area contributed by atoms with Gasteiger partial charge in [-0.2, -0.15) is 0 Å². The van der Waals surface area contributed by atoms with Gasteiger partial charge in [0.25, 0.3) is 0 Å². The van der Waals surface area contributed by atoms with Crippen LogP contribution in [0.3, 0.4) is 0 Å². The summed E-state index contributed by atoms with van der Waals surface area (Å²) in [6.45, 7) is 7.93. The normalized spacial score (nSPS) is 14.5. The van der Waals surface area contributed by atoms with Crippen LogP contribution in [-0.2, 0) is 22.6 Å². The van der Waals surface area contributed by atoms with Gasteiger partial charge in [-0.15, -0.1) is 0 Å². The number of nitrogens with zero attached hydrogens (tertiary/aromatic N) is 4. The lowest BCUT2D eigenvalue weighted by atomic mass is 10.1. The van der Waals surface area contributed by atoms with Crippen LogP contribution < -0.4 is 5.32 Å². The second-order valence-corrected chi connectivity index (χ2v) is 8.55. The minimum absolute atomic E-state index is 0.0206. The van der Waals surface area contributed by atoms with E-state index in [2.05, 4.69) is 32.3 Å². The maximum atomic E-state index is 12.5. The molecule has 1 N–H and O–H groups in total. The number of thioether (sulfide) groups is 1. The molecule has 0 radical (unpaired) electrons. The van der Waals surface area contributed by atoms with Crippen LogP contribution in [0.1, 0.15) is 28.9 Å². The molecule has 0 atom stereocenters. The first-order chi connectivity index (χ1) is 15.0. The number of aryl methyl sites for hydroxylation is 2. The molecule has 3 rings (SSSR count). The number of rotatable bonds is 8. The van der Waals surface area contributed by atoms with Gasteiger partial charge in [-0.25, -0.2) is 9.97 Å². The third-order valence-electron chi connectivity index (χ3n) is 5.60. The lowest BCUT2D eigenvalue weighted by Gasteiger charge is -2.34. The predicted octanol–water partition coefficient (Wildman–Crippen LogP) is 2.21. The first-order valence-corrected chi connectivity index (χ1v) is 11.9. The first kappa shape index (κ1) is 23.2. The van der Waals surface area contributed by atoms with Crippen LogP contribution in [0, 0.1) is 13.8 Å². The molecule has 1 saturated heterocycles. The average Bonchev–Trinajstić information content (AvgIpc) is 2.78. The van der Waals surface area contributed by atoms with E-state index in [1.165, 1.54) is 17.3 Å². The van der Waals surface area contributed by atoms with Crippen molar-refractivity contribution in [3.63, 3.8) is 0 Å². The van der Waals surface area contributed by atoms with Crippen molar-refractivity contribution in [1.29, 1.82) is 0 Å². The van der Waals surface area contributed by atoms with E-state index >= 15 is 0 Å². The Hall–Kier alpha value is -2.45. The van der Waals surface area contributed by atoms with Crippen molar-refractivity contribution >= 4 is 23.6 Å². The molecule has 166 valence electrons. The second-order valence-electron chi connectivity index (χ2n) is 7.78. The average molecular weight is 442 g/mol. The Balaban J connectivity index is 1.38. The molecule has 0 aliphatic carbocycles. The highest BCUT2D eigenvalue weighted by molar-refractivity contribution is 7.98. The minimum Gasteiger partial charge on any atom is -0.347 e. The highest BCUT2D eigenvalue weighted by Crippen LogP contribution is 2.17. The van der Waals surface area contributed by atoms with E-state index in [4.69, 9.17) is 0 Å².